The van der Waals surface area contributed by atoms with Gasteiger partial charge in [-0.05, 0) is 35.7 Å². The van der Waals surface area contributed by atoms with Gasteiger partial charge >= 0.3 is 6.03 Å². The van der Waals surface area contributed by atoms with Gasteiger partial charge in [-0.2, -0.15) is 0 Å². The average molecular weight is 305 g/mol. The number of hydrogen-bond acceptors (Lipinski definition) is 2. The molecule has 1 heterocycles. The van der Waals surface area contributed by atoms with E-state index in [4.69, 9.17) is 0 Å². The maximum Gasteiger partial charge on any atom is 0.315 e. The molecule has 1 unspecified atom stereocenters. The topological polar surface area (TPSA) is 54.0 Å². The molecule has 2 N–H and O–H groups in total. The maximum atomic E-state index is 13.8. The minimum Gasteiger partial charge on any atom is -0.336 e. The third kappa shape index (κ3) is 4.51. The van der Waals surface area contributed by atoms with Crippen LogP contribution in [0.4, 0.5) is 13.6 Å². The minimum absolute atomic E-state index is 0.0609. The van der Waals surface area contributed by atoms with Crippen LogP contribution in [0.1, 0.15) is 17.2 Å². The summed E-state index contributed by atoms with van der Waals surface area (Å²) in [5, 5.41) is 5.13. The number of benzene rings is 1. The van der Waals surface area contributed by atoms with Crippen molar-refractivity contribution in [3.8, 4) is 0 Å². The summed E-state index contributed by atoms with van der Waals surface area (Å²) in [5.41, 5.74) is 1.30. The zero-order chi connectivity index (χ0) is 15.8. The Labute approximate surface area is 127 Å². The van der Waals surface area contributed by atoms with Gasteiger partial charge in [0.25, 0.3) is 0 Å². The van der Waals surface area contributed by atoms with Crippen molar-refractivity contribution in [1.82, 2.24) is 15.6 Å². The first kappa shape index (κ1) is 15.9. The summed E-state index contributed by atoms with van der Waals surface area (Å²) in [6.45, 7) is -0.699. The van der Waals surface area contributed by atoms with E-state index in [0.717, 1.165) is 5.56 Å². The third-order valence-corrected chi connectivity index (χ3v) is 3.18. The molecule has 2 aromatic rings. The molecule has 0 spiro atoms. The van der Waals surface area contributed by atoms with Crippen LogP contribution in [0.15, 0.2) is 48.8 Å². The van der Waals surface area contributed by atoms with Crippen molar-refractivity contribution in [3.05, 3.63) is 65.7 Å². The minimum atomic E-state index is -0.638. The number of amides is 2. The van der Waals surface area contributed by atoms with Gasteiger partial charge in [-0.3, -0.25) is 4.98 Å². The summed E-state index contributed by atoms with van der Waals surface area (Å²) in [4.78, 5) is 15.7. The largest absolute Gasteiger partial charge is 0.336 e. The molecule has 0 bridgehead atoms. The Morgan fingerprint density at radius 3 is 2.59 bits per heavy atom. The molecule has 0 fully saturated rings. The molecule has 116 valence electrons. The zero-order valence-corrected chi connectivity index (χ0v) is 11.9. The molecular weight excluding hydrogens is 288 g/mol. The molecule has 0 aliphatic heterocycles. The molecule has 0 aliphatic rings. The van der Waals surface area contributed by atoms with E-state index < -0.39 is 18.7 Å². The molecule has 4 nitrogen and oxygen atoms in total. The van der Waals surface area contributed by atoms with Crippen LogP contribution in [-0.4, -0.2) is 24.2 Å². The predicted molar refractivity (Wildman–Crippen MR) is 79.6 cm³/mol. The number of halogens is 2. The summed E-state index contributed by atoms with van der Waals surface area (Å²) in [6, 6.07) is 8.98. The number of urea groups is 1. The van der Waals surface area contributed by atoms with E-state index in [2.05, 4.69) is 15.6 Å². The van der Waals surface area contributed by atoms with E-state index >= 15 is 0 Å². The normalized spacial score (nSPS) is 11.7. The summed E-state index contributed by atoms with van der Waals surface area (Å²) in [5.74, 6) is -0.326. The number of carbonyl (C=O) groups is 1. The van der Waals surface area contributed by atoms with Gasteiger partial charge in [0.05, 0.1) is 6.04 Å². The number of nitrogens with one attached hydrogen (secondary N) is 2. The second-order valence-electron chi connectivity index (χ2n) is 4.72. The third-order valence-electron chi connectivity index (χ3n) is 3.18. The van der Waals surface area contributed by atoms with Crippen molar-refractivity contribution in [3.63, 3.8) is 0 Å². The van der Waals surface area contributed by atoms with Crippen molar-refractivity contribution in [2.45, 2.75) is 12.5 Å². The fraction of sp³-hybridized carbons (Fsp3) is 0.250. The highest BCUT2D eigenvalue weighted by Gasteiger charge is 2.16. The summed E-state index contributed by atoms with van der Waals surface area (Å²) < 4.78 is 25.9. The second-order valence-corrected chi connectivity index (χ2v) is 4.72. The Kier molecular flexibility index (Phi) is 5.82. The van der Waals surface area contributed by atoms with E-state index in [-0.39, 0.29) is 12.4 Å². The smallest absolute Gasteiger partial charge is 0.315 e. The lowest BCUT2D eigenvalue weighted by Gasteiger charge is -2.19. The van der Waals surface area contributed by atoms with Crippen molar-refractivity contribution >= 4 is 6.03 Å². The van der Waals surface area contributed by atoms with E-state index in [9.17, 15) is 13.6 Å². The molecule has 0 saturated heterocycles. The van der Waals surface area contributed by atoms with Gasteiger partial charge in [0.1, 0.15) is 12.5 Å². The Bertz CT molecular complexity index is 607. The molecule has 22 heavy (non-hydrogen) atoms. The maximum absolute atomic E-state index is 13.8. The van der Waals surface area contributed by atoms with Gasteiger partial charge in [0, 0.05) is 18.9 Å². The first-order valence-electron chi connectivity index (χ1n) is 6.94. The Balaban J connectivity index is 2.15. The standard InChI is InChI=1S/C16H17F2N3O/c17-7-10-20-16(22)21-15(12-5-8-19-9-6-12)11-13-3-1-2-4-14(13)18/h1-6,8-9,15H,7,10-11H2,(H2,20,21,22). The first-order chi connectivity index (χ1) is 10.7. The Morgan fingerprint density at radius 2 is 1.91 bits per heavy atom. The molecule has 6 heteroatoms. The van der Waals surface area contributed by atoms with Crippen molar-refractivity contribution in [1.29, 1.82) is 0 Å². The lowest BCUT2D eigenvalue weighted by Crippen LogP contribution is -2.39. The molecule has 1 aromatic carbocycles. The van der Waals surface area contributed by atoms with Crippen molar-refractivity contribution < 1.29 is 13.6 Å². The molecule has 2 rings (SSSR count). The van der Waals surface area contributed by atoms with Crippen LogP contribution in [0.5, 0.6) is 0 Å². The lowest BCUT2D eigenvalue weighted by molar-refractivity contribution is 0.235. The van der Waals surface area contributed by atoms with Crippen LogP contribution in [0, 0.1) is 5.82 Å². The average Bonchev–Trinajstić information content (AvgIpc) is 2.55. The highest BCUT2D eigenvalue weighted by atomic mass is 19.1. The second kappa shape index (κ2) is 8.07. The number of rotatable bonds is 6. The number of hydrogen-bond donors (Lipinski definition) is 2. The summed E-state index contributed by atoms with van der Waals surface area (Å²) >= 11 is 0. The summed E-state index contributed by atoms with van der Waals surface area (Å²) in [6.07, 6.45) is 3.50. The number of pyridine rings is 1. The summed E-state index contributed by atoms with van der Waals surface area (Å²) in [7, 11) is 0. The Morgan fingerprint density at radius 1 is 1.18 bits per heavy atom. The van der Waals surface area contributed by atoms with Gasteiger partial charge in [0.15, 0.2) is 0 Å². The zero-order valence-electron chi connectivity index (χ0n) is 11.9. The van der Waals surface area contributed by atoms with Crippen LogP contribution < -0.4 is 10.6 Å². The first-order valence-corrected chi connectivity index (χ1v) is 6.94. The fourth-order valence-corrected chi connectivity index (χ4v) is 2.10. The fourth-order valence-electron chi connectivity index (χ4n) is 2.10. The molecule has 0 aliphatic carbocycles. The van der Waals surface area contributed by atoms with Gasteiger partial charge in [-0.15, -0.1) is 0 Å². The van der Waals surface area contributed by atoms with Crippen LogP contribution >= 0.6 is 0 Å². The van der Waals surface area contributed by atoms with E-state index in [1.165, 1.54) is 6.07 Å². The lowest BCUT2D eigenvalue weighted by atomic mass is 9.99. The highest BCUT2D eigenvalue weighted by molar-refractivity contribution is 5.74. The van der Waals surface area contributed by atoms with Crippen LogP contribution in [0.2, 0.25) is 0 Å². The quantitative estimate of drug-likeness (QED) is 0.862. The molecule has 1 aromatic heterocycles. The molecule has 0 radical (unpaired) electrons. The van der Waals surface area contributed by atoms with Crippen molar-refractivity contribution in [2.24, 2.45) is 0 Å². The van der Waals surface area contributed by atoms with E-state index in [0.29, 0.717) is 12.0 Å². The van der Waals surface area contributed by atoms with Crippen LogP contribution in [0.3, 0.4) is 0 Å². The molecule has 1 atom stereocenters. The Hall–Kier alpha value is -2.50. The molecular formula is C16H17F2N3O. The van der Waals surface area contributed by atoms with Crippen LogP contribution in [-0.2, 0) is 6.42 Å². The van der Waals surface area contributed by atoms with E-state index in [1.807, 2.05) is 0 Å². The SMILES string of the molecule is O=C(NCCF)NC(Cc1ccccc1F)c1ccncc1. The van der Waals surface area contributed by atoms with E-state index in [1.54, 1.807) is 42.7 Å². The van der Waals surface area contributed by atoms with Crippen molar-refractivity contribution in [2.75, 3.05) is 13.2 Å². The highest BCUT2D eigenvalue weighted by Crippen LogP contribution is 2.19. The molecule has 0 saturated carbocycles. The van der Waals surface area contributed by atoms with Gasteiger partial charge in [-0.1, -0.05) is 18.2 Å². The molecule has 2 amide bonds. The number of carbonyl (C=O) groups excluding carboxylic acids is 1. The predicted octanol–water partition coefficient (Wildman–Crippen LogP) is 2.77. The number of aromatic nitrogens is 1. The van der Waals surface area contributed by atoms with Crippen LogP contribution in [0.25, 0.3) is 0 Å². The number of nitrogens with zero attached hydrogens (tertiary/aromatic N) is 1. The van der Waals surface area contributed by atoms with Gasteiger partial charge < -0.3 is 10.6 Å². The number of alkyl halides is 1. The van der Waals surface area contributed by atoms with Gasteiger partial charge in [0.2, 0.25) is 0 Å². The van der Waals surface area contributed by atoms with Gasteiger partial charge in [-0.25, -0.2) is 13.6 Å². The monoisotopic (exact) mass is 305 g/mol.